The normalized spacial score (nSPS) is 16.7. The summed E-state index contributed by atoms with van der Waals surface area (Å²) in [4.78, 5) is 0. The molecule has 1 atom stereocenters. The minimum atomic E-state index is 0.396. The second-order valence-electron chi connectivity index (χ2n) is 3.97. The highest BCUT2D eigenvalue weighted by molar-refractivity contribution is 9.09. The van der Waals surface area contributed by atoms with Crippen LogP contribution in [0.4, 0.5) is 0 Å². The average molecular weight is 315 g/mol. The Balaban J connectivity index is 0.000000861. The van der Waals surface area contributed by atoms with E-state index in [0.29, 0.717) is 6.10 Å². The zero-order chi connectivity index (χ0) is 13.9. The molecule has 0 N–H and O–H groups in total. The van der Waals surface area contributed by atoms with Gasteiger partial charge >= 0.3 is 0 Å². The Labute approximate surface area is 128 Å². The summed E-state index contributed by atoms with van der Waals surface area (Å²) in [6, 6.07) is 8.76. The summed E-state index contributed by atoms with van der Waals surface area (Å²) >= 11 is 0. The summed E-state index contributed by atoms with van der Waals surface area (Å²) in [5.74, 6) is 2.14. The fraction of sp³-hybridized carbons (Fsp3) is 0.467. The van der Waals surface area contributed by atoms with Crippen LogP contribution in [0.2, 0.25) is 0 Å². The first-order valence-electron chi connectivity index (χ1n) is 6.62. The molecule has 2 rings (SSSR count). The lowest BCUT2D eigenvalue weighted by molar-refractivity contribution is 0.193. The zero-order valence-corrected chi connectivity index (χ0v) is 14.2. The second-order valence-corrected chi connectivity index (χ2v) is 8.24. The second kappa shape index (κ2) is 10.6. The predicted molar refractivity (Wildman–Crippen MR) is 92.5 cm³/mol. The molecule has 106 valence electrons. The molecule has 0 spiro atoms. The molecular weight excluding hydrogens is 292 g/mol. The molecule has 1 aliphatic heterocycles. The summed E-state index contributed by atoms with van der Waals surface area (Å²) in [7, 11) is 5.65. The summed E-state index contributed by atoms with van der Waals surface area (Å²) < 4.78 is 5.41. The van der Waals surface area contributed by atoms with Gasteiger partial charge in [-0.25, -0.2) is 0 Å². The van der Waals surface area contributed by atoms with Crippen LogP contribution >= 0.6 is 31.4 Å². The van der Waals surface area contributed by atoms with E-state index in [1.54, 1.807) is 0 Å². The van der Waals surface area contributed by atoms with E-state index in [-0.39, 0.29) is 0 Å². The highest BCUT2D eigenvalue weighted by Crippen LogP contribution is 2.38. The van der Waals surface area contributed by atoms with Crippen LogP contribution in [-0.4, -0.2) is 11.9 Å². The van der Waals surface area contributed by atoms with Crippen molar-refractivity contribution in [2.24, 2.45) is 0 Å². The lowest BCUT2D eigenvalue weighted by Crippen LogP contribution is -2.06. The molecule has 4 heteroatoms. The molecule has 0 aliphatic carbocycles. The highest BCUT2D eigenvalue weighted by atomic mass is 33.5. The standard InChI is InChI=1S/C13H16OS3.C2H6/c1-11-4-6-12(7-5-11)9-15-17-16-10-13-3-2-8-14-13;1-2/h2,4-8,13H,3,9-10H2,1H3;1-2H3. The van der Waals surface area contributed by atoms with E-state index in [2.05, 4.69) is 37.3 Å². The summed E-state index contributed by atoms with van der Waals surface area (Å²) in [6.45, 7) is 6.12. The van der Waals surface area contributed by atoms with Gasteiger partial charge in [0.1, 0.15) is 6.10 Å². The van der Waals surface area contributed by atoms with Crippen LogP contribution in [0.1, 0.15) is 31.4 Å². The Bertz CT molecular complexity index is 354. The van der Waals surface area contributed by atoms with Crippen molar-refractivity contribution in [2.75, 3.05) is 5.75 Å². The van der Waals surface area contributed by atoms with Crippen molar-refractivity contribution < 1.29 is 4.74 Å². The molecule has 0 fully saturated rings. The third kappa shape index (κ3) is 7.23. The van der Waals surface area contributed by atoms with E-state index in [1.807, 2.05) is 51.5 Å². The van der Waals surface area contributed by atoms with Gasteiger partial charge in [0.2, 0.25) is 0 Å². The average Bonchev–Trinajstić information content (AvgIpc) is 2.96. The zero-order valence-electron chi connectivity index (χ0n) is 11.8. The van der Waals surface area contributed by atoms with Gasteiger partial charge in [-0.3, -0.25) is 0 Å². The minimum absolute atomic E-state index is 0.396. The largest absolute Gasteiger partial charge is 0.497 e. The summed E-state index contributed by atoms with van der Waals surface area (Å²) in [5, 5.41) is 0. The van der Waals surface area contributed by atoms with Gasteiger partial charge in [0, 0.05) is 17.9 Å². The fourth-order valence-electron chi connectivity index (χ4n) is 1.45. The Kier molecular flexibility index (Phi) is 9.39. The van der Waals surface area contributed by atoms with Crippen LogP contribution in [0, 0.1) is 6.92 Å². The van der Waals surface area contributed by atoms with Gasteiger partial charge in [-0.1, -0.05) is 65.3 Å². The van der Waals surface area contributed by atoms with E-state index < -0.39 is 0 Å². The Morgan fingerprint density at radius 3 is 2.53 bits per heavy atom. The summed E-state index contributed by atoms with van der Waals surface area (Å²) in [6.07, 6.45) is 5.37. The third-order valence-electron chi connectivity index (χ3n) is 2.46. The number of benzene rings is 1. The topological polar surface area (TPSA) is 9.23 Å². The van der Waals surface area contributed by atoms with E-state index in [0.717, 1.165) is 17.9 Å². The van der Waals surface area contributed by atoms with Gasteiger partial charge in [0.25, 0.3) is 0 Å². The Morgan fingerprint density at radius 2 is 1.89 bits per heavy atom. The molecule has 0 amide bonds. The maximum Gasteiger partial charge on any atom is 0.111 e. The lowest BCUT2D eigenvalue weighted by Gasteiger charge is -2.08. The highest BCUT2D eigenvalue weighted by Gasteiger charge is 2.10. The molecular formula is C15H22OS3. The molecule has 1 aliphatic rings. The number of hydrogen-bond donors (Lipinski definition) is 0. The molecule has 1 heterocycles. The first-order valence-corrected chi connectivity index (χ1v) is 10.4. The van der Waals surface area contributed by atoms with Gasteiger partial charge in [0.15, 0.2) is 0 Å². The van der Waals surface area contributed by atoms with Crippen LogP contribution in [0.15, 0.2) is 36.6 Å². The van der Waals surface area contributed by atoms with Gasteiger partial charge in [-0.15, -0.1) is 0 Å². The van der Waals surface area contributed by atoms with Gasteiger partial charge in [-0.05, 0) is 28.4 Å². The molecule has 19 heavy (non-hydrogen) atoms. The first-order chi connectivity index (χ1) is 9.34. The quantitative estimate of drug-likeness (QED) is 0.480. The van der Waals surface area contributed by atoms with Crippen molar-refractivity contribution in [1.29, 1.82) is 0 Å². The number of rotatable bonds is 6. The Morgan fingerprint density at radius 1 is 1.16 bits per heavy atom. The van der Waals surface area contributed by atoms with E-state index in [4.69, 9.17) is 4.74 Å². The maximum atomic E-state index is 5.41. The van der Waals surface area contributed by atoms with Crippen molar-refractivity contribution in [3.63, 3.8) is 0 Å². The number of ether oxygens (including phenoxy) is 1. The Hall–Kier alpha value is -0.190. The predicted octanol–water partition coefficient (Wildman–Crippen LogP) is 5.85. The molecule has 0 radical (unpaired) electrons. The molecule has 0 saturated carbocycles. The monoisotopic (exact) mass is 314 g/mol. The van der Waals surface area contributed by atoms with Gasteiger partial charge < -0.3 is 4.74 Å². The van der Waals surface area contributed by atoms with Crippen LogP contribution in [0.3, 0.4) is 0 Å². The van der Waals surface area contributed by atoms with Crippen LogP contribution in [0.5, 0.6) is 0 Å². The molecule has 0 aromatic heterocycles. The van der Waals surface area contributed by atoms with Gasteiger partial charge in [-0.2, -0.15) is 0 Å². The van der Waals surface area contributed by atoms with E-state index >= 15 is 0 Å². The third-order valence-corrected chi connectivity index (χ3v) is 6.69. The molecule has 0 bridgehead atoms. The summed E-state index contributed by atoms with van der Waals surface area (Å²) in [5.41, 5.74) is 2.72. The molecule has 1 unspecified atom stereocenters. The molecule has 1 nitrogen and oxygen atoms in total. The molecule has 1 aromatic carbocycles. The minimum Gasteiger partial charge on any atom is -0.497 e. The van der Waals surface area contributed by atoms with Crippen molar-refractivity contribution in [2.45, 2.75) is 39.0 Å². The van der Waals surface area contributed by atoms with Crippen molar-refractivity contribution in [3.05, 3.63) is 47.7 Å². The SMILES string of the molecule is CC.Cc1ccc(CSSSCC2CC=CO2)cc1. The van der Waals surface area contributed by atoms with Crippen molar-refractivity contribution >= 4 is 31.4 Å². The van der Waals surface area contributed by atoms with E-state index in [9.17, 15) is 0 Å². The molecule has 1 aromatic rings. The molecule has 0 saturated heterocycles. The van der Waals surface area contributed by atoms with Crippen molar-refractivity contribution in [3.8, 4) is 0 Å². The lowest BCUT2D eigenvalue weighted by atomic mass is 10.2. The van der Waals surface area contributed by atoms with Crippen molar-refractivity contribution in [1.82, 2.24) is 0 Å². The van der Waals surface area contributed by atoms with Crippen LogP contribution in [0.25, 0.3) is 0 Å². The van der Waals surface area contributed by atoms with Crippen LogP contribution < -0.4 is 0 Å². The van der Waals surface area contributed by atoms with Crippen LogP contribution in [-0.2, 0) is 10.5 Å². The van der Waals surface area contributed by atoms with E-state index in [1.165, 1.54) is 11.1 Å². The fourth-order valence-corrected chi connectivity index (χ4v) is 5.24. The first kappa shape index (κ1) is 16.9. The number of hydrogen-bond acceptors (Lipinski definition) is 4. The number of aryl methyl sites for hydroxylation is 1. The smallest absolute Gasteiger partial charge is 0.111 e. The van der Waals surface area contributed by atoms with Gasteiger partial charge in [0.05, 0.1) is 6.26 Å². The maximum absolute atomic E-state index is 5.41.